The van der Waals surface area contributed by atoms with Gasteiger partial charge >= 0.3 is 0 Å². The molecular formula is C26H22N2O5. The first-order valence-electron chi connectivity index (χ1n) is 10.8. The Kier molecular flexibility index (Phi) is 5.52. The number of likely N-dealkylation sites (tertiary alicyclic amines) is 1. The van der Waals surface area contributed by atoms with Gasteiger partial charge in [-0.3, -0.25) is 14.6 Å². The van der Waals surface area contributed by atoms with Crippen LogP contribution in [0.5, 0.6) is 11.5 Å². The number of hydrogen-bond acceptors (Lipinski definition) is 6. The molecule has 3 aromatic rings. The van der Waals surface area contributed by atoms with E-state index in [4.69, 9.17) is 9.47 Å². The van der Waals surface area contributed by atoms with Crippen LogP contribution in [0.1, 0.15) is 22.7 Å². The van der Waals surface area contributed by atoms with Crippen LogP contribution in [0.25, 0.3) is 5.76 Å². The van der Waals surface area contributed by atoms with E-state index in [1.165, 1.54) is 4.90 Å². The van der Waals surface area contributed by atoms with Gasteiger partial charge in [-0.25, -0.2) is 0 Å². The first kappa shape index (κ1) is 20.8. The number of aliphatic hydroxyl groups excluding tert-OH is 1. The molecule has 7 heteroatoms. The summed E-state index contributed by atoms with van der Waals surface area (Å²) in [4.78, 5) is 31.9. The van der Waals surface area contributed by atoms with Crippen molar-refractivity contribution in [3.63, 3.8) is 0 Å². The molecule has 1 N–H and O–H groups in total. The molecule has 166 valence electrons. The van der Waals surface area contributed by atoms with E-state index < -0.39 is 17.7 Å². The van der Waals surface area contributed by atoms with Gasteiger partial charge in [0, 0.05) is 24.5 Å². The zero-order valence-corrected chi connectivity index (χ0v) is 17.8. The summed E-state index contributed by atoms with van der Waals surface area (Å²) >= 11 is 0. The molecule has 1 aromatic heterocycles. The smallest absolute Gasteiger partial charge is 0.295 e. The van der Waals surface area contributed by atoms with Crippen molar-refractivity contribution in [2.45, 2.75) is 12.5 Å². The minimum absolute atomic E-state index is 0.0396. The number of Topliss-reactive ketones (excluding diaryl/α,β-unsaturated/α-hetero) is 1. The lowest BCUT2D eigenvalue weighted by Gasteiger charge is -2.25. The van der Waals surface area contributed by atoms with Gasteiger partial charge < -0.3 is 19.5 Å². The summed E-state index contributed by atoms with van der Waals surface area (Å²) in [6, 6.07) is 17.5. The van der Waals surface area contributed by atoms with Crippen molar-refractivity contribution in [2.24, 2.45) is 0 Å². The molecule has 2 aromatic carbocycles. The lowest BCUT2D eigenvalue weighted by Crippen LogP contribution is -2.31. The second-order valence-corrected chi connectivity index (χ2v) is 7.87. The molecule has 1 amide bonds. The predicted octanol–water partition coefficient (Wildman–Crippen LogP) is 3.52. The molecule has 1 fully saturated rings. The molecule has 0 unspecified atom stereocenters. The molecule has 0 saturated carbocycles. The minimum Gasteiger partial charge on any atom is -0.507 e. The molecule has 0 spiro atoms. The van der Waals surface area contributed by atoms with Crippen LogP contribution in [0.3, 0.4) is 0 Å². The summed E-state index contributed by atoms with van der Waals surface area (Å²) in [5.41, 5.74) is 2.13. The van der Waals surface area contributed by atoms with Crippen molar-refractivity contribution < 1.29 is 24.2 Å². The van der Waals surface area contributed by atoms with E-state index in [9.17, 15) is 14.7 Å². The zero-order chi connectivity index (χ0) is 22.8. The Balaban J connectivity index is 1.56. The second-order valence-electron chi connectivity index (χ2n) is 7.87. The molecule has 33 heavy (non-hydrogen) atoms. The van der Waals surface area contributed by atoms with Crippen LogP contribution in [0, 0.1) is 0 Å². The summed E-state index contributed by atoms with van der Waals surface area (Å²) in [5.74, 6) is -0.545. The summed E-state index contributed by atoms with van der Waals surface area (Å²) < 4.78 is 11.2. The maximum Gasteiger partial charge on any atom is 0.295 e. The number of aromatic nitrogens is 1. The Morgan fingerprint density at radius 3 is 2.55 bits per heavy atom. The van der Waals surface area contributed by atoms with Gasteiger partial charge in [-0.05, 0) is 41.8 Å². The summed E-state index contributed by atoms with van der Waals surface area (Å²) in [6.45, 7) is 1.18. The summed E-state index contributed by atoms with van der Waals surface area (Å²) in [7, 11) is 0. The van der Waals surface area contributed by atoms with Crippen LogP contribution < -0.4 is 9.47 Å². The maximum absolute atomic E-state index is 13.1. The topological polar surface area (TPSA) is 89.0 Å². The molecule has 1 atom stereocenters. The number of nitrogens with zero attached hydrogens (tertiary/aromatic N) is 2. The van der Waals surface area contributed by atoms with E-state index in [1.807, 2.05) is 30.3 Å². The van der Waals surface area contributed by atoms with E-state index in [1.54, 1.807) is 42.7 Å². The third kappa shape index (κ3) is 3.93. The normalized spacial score (nSPS) is 19.0. The molecule has 0 radical (unpaired) electrons. The zero-order valence-electron chi connectivity index (χ0n) is 17.8. The van der Waals surface area contributed by atoms with Crippen LogP contribution in [0.2, 0.25) is 0 Å². The Morgan fingerprint density at radius 2 is 1.79 bits per heavy atom. The van der Waals surface area contributed by atoms with Gasteiger partial charge in [0.25, 0.3) is 11.7 Å². The molecule has 1 saturated heterocycles. The van der Waals surface area contributed by atoms with Gasteiger partial charge in [0.1, 0.15) is 19.0 Å². The monoisotopic (exact) mass is 442 g/mol. The predicted molar refractivity (Wildman–Crippen MR) is 121 cm³/mol. The average Bonchev–Trinajstić information content (AvgIpc) is 3.12. The SMILES string of the molecule is O=C1C(=O)N(CCc2ccccc2)[C@H](c2cccnc2)/C1=C(\O)c1ccc2c(c1)OCCO2. The molecular weight excluding hydrogens is 420 g/mol. The molecule has 3 heterocycles. The number of carbonyl (C=O) groups excluding carboxylic acids is 2. The first-order valence-corrected chi connectivity index (χ1v) is 10.8. The minimum atomic E-state index is -0.740. The summed E-state index contributed by atoms with van der Waals surface area (Å²) in [5, 5.41) is 11.2. The van der Waals surface area contributed by atoms with E-state index in [0.29, 0.717) is 48.8 Å². The van der Waals surface area contributed by atoms with Crippen molar-refractivity contribution in [1.82, 2.24) is 9.88 Å². The Hall–Kier alpha value is -4.13. The van der Waals surface area contributed by atoms with Gasteiger partial charge in [0.05, 0.1) is 11.6 Å². The van der Waals surface area contributed by atoms with Gasteiger partial charge in [-0.2, -0.15) is 0 Å². The highest BCUT2D eigenvalue weighted by Gasteiger charge is 2.46. The molecule has 2 aliphatic heterocycles. The Bertz CT molecular complexity index is 1220. The third-order valence-corrected chi connectivity index (χ3v) is 5.84. The first-order chi connectivity index (χ1) is 16.1. The number of rotatable bonds is 5. The number of amides is 1. The second kappa shape index (κ2) is 8.78. The average molecular weight is 442 g/mol. The largest absolute Gasteiger partial charge is 0.507 e. The molecule has 5 rings (SSSR count). The third-order valence-electron chi connectivity index (χ3n) is 5.84. The van der Waals surface area contributed by atoms with Gasteiger partial charge in [-0.1, -0.05) is 36.4 Å². The van der Waals surface area contributed by atoms with E-state index in [2.05, 4.69) is 4.98 Å². The number of ketones is 1. The lowest BCUT2D eigenvalue weighted by atomic mass is 9.96. The van der Waals surface area contributed by atoms with Crippen LogP contribution in [0.15, 0.2) is 78.6 Å². The number of aliphatic hydroxyl groups is 1. The van der Waals surface area contributed by atoms with Gasteiger partial charge in [-0.15, -0.1) is 0 Å². The Morgan fingerprint density at radius 1 is 1.00 bits per heavy atom. The van der Waals surface area contributed by atoms with E-state index in [0.717, 1.165) is 5.56 Å². The number of ether oxygens (including phenoxy) is 2. The fourth-order valence-electron chi connectivity index (χ4n) is 4.24. The summed E-state index contributed by atoms with van der Waals surface area (Å²) in [6.07, 6.45) is 3.82. The van der Waals surface area contributed by atoms with Crippen LogP contribution in [-0.4, -0.2) is 46.4 Å². The number of carbonyl (C=O) groups is 2. The van der Waals surface area contributed by atoms with Crippen LogP contribution in [0.4, 0.5) is 0 Å². The van der Waals surface area contributed by atoms with Crippen molar-refractivity contribution in [3.05, 3.63) is 95.3 Å². The number of benzene rings is 2. The molecule has 0 bridgehead atoms. The highest BCUT2D eigenvalue weighted by molar-refractivity contribution is 6.46. The molecule has 2 aliphatic rings. The molecule has 7 nitrogen and oxygen atoms in total. The Labute approximate surface area is 190 Å². The van der Waals surface area contributed by atoms with Crippen molar-refractivity contribution >= 4 is 17.4 Å². The lowest BCUT2D eigenvalue weighted by molar-refractivity contribution is -0.139. The van der Waals surface area contributed by atoms with Gasteiger partial charge in [0.15, 0.2) is 11.5 Å². The maximum atomic E-state index is 13.1. The fourth-order valence-corrected chi connectivity index (χ4v) is 4.24. The number of fused-ring (bicyclic) bond motifs is 1. The van der Waals surface area contributed by atoms with Crippen molar-refractivity contribution in [3.8, 4) is 11.5 Å². The standard InChI is InChI=1S/C26H22N2O5/c29-24(18-8-9-20-21(15-18)33-14-13-32-20)22-23(19-7-4-11-27-16-19)28(26(31)25(22)30)12-10-17-5-2-1-3-6-17/h1-9,11,15-16,23,29H,10,12-14H2/b24-22+/t23-/m1/s1. The van der Waals surface area contributed by atoms with Crippen LogP contribution in [-0.2, 0) is 16.0 Å². The number of hydrogen-bond donors (Lipinski definition) is 1. The fraction of sp³-hybridized carbons (Fsp3) is 0.192. The number of pyridine rings is 1. The highest BCUT2D eigenvalue weighted by Crippen LogP contribution is 2.40. The quantitative estimate of drug-likeness (QED) is 0.370. The molecule has 0 aliphatic carbocycles. The van der Waals surface area contributed by atoms with E-state index >= 15 is 0 Å². The van der Waals surface area contributed by atoms with Gasteiger partial charge in [0.2, 0.25) is 0 Å². The highest BCUT2D eigenvalue weighted by atomic mass is 16.6. The van der Waals surface area contributed by atoms with Crippen LogP contribution >= 0.6 is 0 Å². The van der Waals surface area contributed by atoms with E-state index in [-0.39, 0.29) is 11.3 Å². The van der Waals surface area contributed by atoms with Crippen molar-refractivity contribution in [1.29, 1.82) is 0 Å². The van der Waals surface area contributed by atoms with Crippen molar-refractivity contribution in [2.75, 3.05) is 19.8 Å².